The third-order valence-electron chi connectivity index (χ3n) is 2.51. The van der Waals surface area contributed by atoms with Crippen LogP contribution >= 0.6 is 22.6 Å². The Morgan fingerprint density at radius 3 is 2.52 bits per heavy atom. The molecular weight excluding hydrogens is 414 g/mol. The van der Waals surface area contributed by atoms with Crippen LogP contribution in [0.5, 0.6) is 0 Å². The van der Waals surface area contributed by atoms with Crippen molar-refractivity contribution < 1.29 is 17.7 Å². The molecule has 0 aliphatic carbocycles. The molecule has 21 heavy (non-hydrogen) atoms. The number of sulfonamides is 1. The van der Waals surface area contributed by atoms with Gasteiger partial charge in [-0.1, -0.05) is 6.07 Å². The quantitative estimate of drug-likeness (QED) is 0.466. The zero-order chi connectivity index (χ0) is 15.6. The summed E-state index contributed by atoms with van der Waals surface area (Å²) < 4.78 is 40.6. The lowest BCUT2D eigenvalue weighted by Crippen LogP contribution is -2.14. The number of benzene rings is 2. The third kappa shape index (κ3) is 3.67. The Morgan fingerprint density at radius 1 is 1.19 bits per heavy atom. The first-order chi connectivity index (χ1) is 9.79. The van der Waals surface area contributed by atoms with Crippen molar-refractivity contribution in [1.29, 1.82) is 0 Å². The predicted octanol–water partition coefficient (Wildman–Crippen LogP) is 3.14. The highest BCUT2D eigenvalue weighted by Gasteiger charge is 2.19. The van der Waals surface area contributed by atoms with Gasteiger partial charge in [0.25, 0.3) is 15.7 Å². The average Bonchev–Trinajstić information content (AvgIpc) is 2.42. The number of nitrogens with one attached hydrogen (secondary N) is 1. The summed E-state index contributed by atoms with van der Waals surface area (Å²) in [6.45, 7) is 0. The van der Waals surface area contributed by atoms with Crippen LogP contribution in [0.1, 0.15) is 0 Å². The molecule has 0 saturated heterocycles. The van der Waals surface area contributed by atoms with Gasteiger partial charge in [0.05, 0.1) is 15.5 Å². The molecule has 0 aliphatic heterocycles. The van der Waals surface area contributed by atoms with E-state index in [-0.39, 0.29) is 16.3 Å². The summed E-state index contributed by atoms with van der Waals surface area (Å²) >= 11 is 1.89. The molecule has 0 unspecified atom stereocenters. The van der Waals surface area contributed by atoms with Crippen LogP contribution in [0.4, 0.5) is 15.8 Å². The first kappa shape index (κ1) is 15.6. The number of hydrogen-bond acceptors (Lipinski definition) is 4. The number of nitrogens with zero attached hydrogens (tertiary/aromatic N) is 1. The molecule has 0 heterocycles. The number of nitro benzene ring substituents is 1. The standard InChI is InChI=1S/C12H8FIN2O4S/c13-11-6-8(14)4-5-12(11)15-21(19,20)10-3-1-2-9(7-10)16(17)18/h1-7,15H. The number of non-ortho nitro benzene ring substituents is 1. The summed E-state index contributed by atoms with van der Waals surface area (Å²) in [7, 11) is -4.10. The SMILES string of the molecule is O=[N+]([O-])c1cccc(S(=O)(=O)Nc2ccc(I)cc2F)c1. The molecule has 0 fully saturated rings. The van der Waals surface area contributed by atoms with Gasteiger partial charge in [0.1, 0.15) is 5.82 Å². The Bertz CT molecular complexity index is 811. The van der Waals surface area contributed by atoms with E-state index in [1.54, 1.807) is 0 Å². The summed E-state index contributed by atoms with van der Waals surface area (Å²) in [4.78, 5) is 9.65. The van der Waals surface area contributed by atoms with E-state index in [0.29, 0.717) is 3.57 Å². The highest BCUT2D eigenvalue weighted by molar-refractivity contribution is 14.1. The molecule has 9 heteroatoms. The zero-order valence-electron chi connectivity index (χ0n) is 10.3. The van der Waals surface area contributed by atoms with E-state index < -0.39 is 20.8 Å². The monoisotopic (exact) mass is 422 g/mol. The van der Waals surface area contributed by atoms with Gasteiger partial charge in [-0.15, -0.1) is 0 Å². The number of halogens is 2. The van der Waals surface area contributed by atoms with E-state index in [0.717, 1.165) is 6.07 Å². The second-order valence-corrected chi connectivity index (χ2v) is 6.91. The largest absolute Gasteiger partial charge is 0.277 e. The summed E-state index contributed by atoms with van der Waals surface area (Å²) in [5, 5.41) is 10.7. The Kier molecular flexibility index (Phi) is 4.42. The molecule has 0 aromatic heterocycles. The van der Waals surface area contributed by atoms with Gasteiger partial charge >= 0.3 is 0 Å². The Balaban J connectivity index is 2.38. The van der Waals surface area contributed by atoms with E-state index in [4.69, 9.17) is 0 Å². The molecular formula is C12H8FIN2O4S. The highest BCUT2D eigenvalue weighted by Crippen LogP contribution is 2.23. The van der Waals surface area contributed by atoms with Crippen molar-refractivity contribution in [3.8, 4) is 0 Å². The minimum Gasteiger partial charge on any atom is -0.277 e. The fourth-order valence-corrected chi connectivity index (χ4v) is 3.10. The van der Waals surface area contributed by atoms with Gasteiger partial charge in [0, 0.05) is 15.7 Å². The van der Waals surface area contributed by atoms with Crippen LogP contribution in [0.25, 0.3) is 0 Å². The fourth-order valence-electron chi connectivity index (χ4n) is 1.54. The van der Waals surface area contributed by atoms with E-state index in [2.05, 4.69) is 4.72 Å². The van der Waals surface area contributed by atoms with Crippen molar-refractivity contribution in [2.45, 2.75) is 4.90 Å². The fraction of sp³-hybridized carbons (Fsp3) is 0. The molecule has 0 atom stereocenters. The maximum atomic E-state index is 13.7. The Labute approximate surface area is 133 Å². The van der Waals surface area contributed by atoms with Crippen LogP contribution < -0.4 is 4.72 Å². The number of hydrogen-bond donors (Lipinski definition) is 1. The van der Waals surface area contributed by atoms with Crippen molar-refractivity contribution in [3.63, 3.8) is 0 Å². The van der Waals surface area contributed by atoms with Crippen molar-refractivity contribution in [1.82, 2.24) is 0 Å². The van der Waals surface area contributed by atoms with Crippen molar-refractivity contribution >= 4 is 44.0 Å². The summed E-state index contributed by atoms with van der Waals surface area (Å²) in [6, 6.07) is 8.52. The second kappa shape index (κ2) is 5.93. The minimum atomic E-state index is -4.10. The van der Waals surface area contributed by atoms with Crippen molar-refractivity contribution in [2.75, 3.05) is 4.72 Å². The van der Waals surface area contributed by atoms with E-state index in [1.807, 2.05) is 22.6 Å². The maximum absolute atomic E-state index is 13.7. The van der Waals surface area contributed by atoms with Gasteiger partial charge in [0.2, 0.25) is 0 Å². The normalized spacial score (nSPS) is 11.1. The molecule has 0 saturated carbocycles. The van der Waals surface area contributed by atoms with E-state index in [9.17, 15) is 22.9 Å². The van der Waals surface area contributed by atoms with Crippen LogP contribution in [0.15, 0.2) is 47.4 Å². The van der Waals surface area contributed by atoms with E-state index in [1.165, 1.54) is 36.4 Å². The van der Waals surface area contributed by atoms with Gasteiger partial charge < -0.3 is 0 Å². The summed E-state index contributed by atoms with van der Waals surface area (Å²) in [6.07, 6.45) is 0. The lowest BCUT2D eigenvalue weighted by Gasteiger charge is -2.09. The number of nitro groups is 1. The lowest BCUT2D eigenvalue weighted by molar-refractivity contribution is -0.385. The van der Waals surface area contributed by atoms with Crippen LogP contribution in [-0.2, 0) is 10.0 Å². The van der Waals surface area contributed by atoms with Gasteiger partial charge in [-0.3, -0.25) is 14.8 Å². The Morgan fingerprint density at radius 2 is 1.90 bits per heavy atom. The molecule has 0 amide bonds. The van der Waals surface area contributed by atoms with Crippen LogP contribution in [0, 0.1) is 19.5 Å². The molecule has 2 rings (SSSR count). The molecule has 2 aromatic rings. The van der Waals surface area contributed by atoms with Crippen LogP contribution in [0.2, 0.25) is 0 Å². The maximum Gasteiger partial charge on any atom is 0.270 e. The van der Waals surface area contributed by atoms with E-state index >= 15 is 0 Å². The lowest BCUT2D eigenvalue weighted by atomic mass is 10.3. The number of anilines is 1. The topological polar surface area (TPSA) is 89.3 Å². The smallest absolute Gasteiger partial charge is 0.270 e. The van der Waals surface area contributed by atoms with Gasteiger partial charge in [0.15, 0.2) is 0 Å². The molecule has 0 bridgehead atoms. The van der Waals surface area contributed by atoms with Crippen LogP contribution in [0.3, 0.4) is 0 Å². The highest BCUT2D eigenvalue weighted by atomic mass is 127. The van der Waals surface area contributed by atoms with Crippen molar-refractivity contribution in [2.24, 2.45) is 0 Å². The van der Waals surface area contributed by atoms with Gasteiger partial charge in [-0.2, -0.15) is 0 Å². The van der Waals surface area contributed by atoms with Crippen LogP contribution in [-0.4, -0.2) is 13.3 Å². The summed E-state index contributed by atoms with van der Waals surface area (Å²) in [5.74, 6) is -0.726. The average molecular weight is 422 g/mol. The first-order valence-electron chi connectivity index (χ1n) is 5.52. The molecule has 1 N–H and O–H groups in total. The zero-order valence-corrected chi connectivity index (χ0v) is 13.3. The second-order valence-electron chi connectivity index (χ2n) is 3.98. The van der Waals surface area contributed by atoms with Gasteiger partial charge in [-0.05, 0) is 46.9 Å². The number of rotatable bonds is 4. The van der Waals surface area contributed by atoms with Gasteiger partial charge in [-0.25, -0.2) is 12.8 Å². The minimum absolute atomic E-state index is 0.220. The summed E-state index contributed by atoms with van der Waals surface area (Å²) in [5.41, 5.74) is -0.581. The molecule has 2 aromatic carbocycles. The third-order valence-corrected chi connectivity index (χ3v) is 4.55. The first-order valence-corrected chi connectivity index (χ1v) is 8.08. The predicted molar refractivity (Wildman–Crippen MR) is 83.0 cm³/mol. The molecule has 110 valence electrons. The molecule has 6 nitrogen and oxygen atoms in total. The molecule has 0 spiro atoms. The molecule has 0 aliphatic rings. The Hall–Kier alpha value is -1.75. The van der Waals surface area contributed by atoms with Crippen molar-refractivity contribution in [3.05, 3.63) is 62.0 Å². The molecule has 0 radical (unpaired) electrons.